The summed E-state index contributed by atoms with van der Waals surface area (Å²) in [5.74, 6) is 1.01. The van der Waals surface area contributed by atoms with Crippen LogP contribution in [0, 0.1) is 0 Å². The highest BCUT2D eigenvalue weighted by Gasteiger charge is 2.15. The molecule has 2 heterocycles. The van der Waals surface area contributed by atoms with Crippen LogP contribution in [0.1, 0.15) is 23.8 Å². The van der Waals surface area contributed by atoms with Gasteiger partial charge in [-0.3, -0.25) is 10.1 Å². The van der Waals surface area contributed by atoms with E-state index in [0.29, 0.717) is 17.5 Å². The van der Waals surface area contributed by atoms with Gasteiger partial charge < -0.3 is 9.26 Å². The number of carbonyl (C=O) groups excluding carboxylic acids is 1. The van der Waals surface area contributed by atoms with Crippen LogP contribution in [0.3, 0.4) is 0 Å². The molecule has 0 aliphatic rings. The number of carbonyl (C=O) groups is 1. The fourth-order valence-electron chi connectivity index (χ4n) is 2.69. The van der Waals surface area contributed by atoms with Crippen LogP contribution in [0.4, 0.5) is 5.13 Å². The molecule has 0 unspecified atom stereocenters. The highest BCUT2D eigenvalue weighted by molar-refractivity contribution is 7.14. The second kappa shape index (κ2) is 8.70. The monoisotopic (exact) mass is 405 g/mol. The number of hydrogen-bond donors (Lipinski definition) is 1. The van der Waals surface area contributed by atoms with Crippen molar-refractivity contribution in [3.63, 3.8) is 0 Å². The molecule has 4 aromatic rings. The normalized spacial score (nSPS) is 10.7. The van der Waals surface area contributed by atoms with Gasteiger partial charge >= 0.3 is 0 Å². The average molecular weight is 405 g/mol. The Bertz CT molecular complexity index is 1090. The molecule has 2 aromatic heterocycles. The van der Waals surface area contributed by atoms with Gasteiger partial charge in [-0.2, -0.15) is 0 Å². The number of rotatable bonds is 7. The zero-order valence-electron chi connectivity index (χ0n) is 15.8. The van der Waals surface area contributed by atoms with Crippen molar-refractivity contribution < 1.29 is 14.1 Å². The third kappa shape index (κ3) is 4.52. The summed E-state index contributed by atoms with van der Waals surface area (Å²) in [6.07, 6.45) is 0.968. The lowest BCUT2D eigenvalue weighted by Gasteiger charge is -2.04. The number of anilines is 1. The van der Waals surface area contributed by atoms with Gasteiger partial charge in [0.2, 0.25) is 0 Å². The van der Waals surface area contributed by atoms with E-state index in [4.69, 9.17) is 9.26 Å². The minimum Gasteiger partial charge on any atom is -0.494 e. The Kier molecular flexibility index (Phi) is 5.67. The molecule has 0 saturated carbocycles. The summed E-state index contributed by atoms with van der Waals surface area (Å²) in [6.45, 7) is 2.77. The zero-order chi connectivity index (χ0) is 20.1. The molecule has 0 bridgehead atoms. The van der Waals surface area contributed by atoms with E-state index in [1.54, 1.807) is 6.07 Å². The van der Waals surface area contributed by atoms with Crippen molar-refractivity contribution in [2.75, 3.05) is 11.9 Å². The lowest BCUT2D eigenvalue weighted by molar-refractivity contribution is 0.101. The van der Waals surface area contributed by atoms with Crippen LogP contribution in [0.2, 0.25) is 0 Å². The number of hydrogen-bond acceptors (Lipinski definition) is 6. The SMILES string of the molecule is CCCOc1ccc(-c2csc(NC(=O)c3cc(-c4ccccc4)on3)n2)cc1. The molecule has 6 nitrogen and oxygen atoms in total. The molecule has 0 aliphatic carbocycles. The van der Waals surface area contributed by atoms with Crippen molar-refractivity contribution in [3.05, 3.63) is 71.7 Å². The maximum atomic E-state index is 12.5. The van der Waals surface area contributed by atoms with E-state index in [2.05, 4.69) is 22.4 Å². The van der Waals surface area contributed by atoms with Gasteiger partial charge in [-0.25, -0.2) is 4.98 Å². The number of nitrogens with one attached hydrogen (secondary N) is 1. The largest absolute Gasteiger partial charge is 0.494 e. The highest BCUT2D eigenvalue weighted by atomic mass is 32.1. The predicted molar refractivity (Wildman–Crippen MR) is 113 cm³/mol. The second-order valence-electron chi connectivity index (χ2n) is 6.31. The van der Waals surface area contributed by atoms with E-state index in [1.807, 2.05) is 60.0 Å². The highest BCUT2D eigenvalue weighted by Crippen LogP contribution is 2.27. The standard InChI is InChI=1S/C22H19N3O3S/c1-2-12-27-17-10-8-15(9-11-17)19-14-29-22(23-19)24-21(26)18-13-20(28-25-18)16-6-4-3-5-7-16/h3-11,13-14H,2,12H2,1H3,(H,23,24,26). The molecule has 146 valence electrons. The Hall–Kier alpha value is -3.45. The van der Waals surface area contributed by atoms with Gasteiger partial charge in [0.05, 0.1) is 12.3 Å². The summed E-state index contributed by atoms with van der Waals surface area (Å²) in [5.41, 5.74) is 2.82. The van der Waals surface area contributed by atoms with Crippen LogP contribution in [0.25, 0.3) is 22.6 Å². The van der Waals surface area contributed by atoms with Gasteiger partial charge in [0, 0.05) is 22.6 Å². The first kappa shape index (κ1) is 18.9. The van der Waals surface area contributed by atoms with Crippen molar-refractivity contribution in [2.24, 2.45) is 0 Å². The first-order valence-corrected chi connectivity index (χ1v) is 10.1. The maximum absolute atomic E-state index is 12.5. The molecule has 4 rings (SSSR count). The molecule has 1 N–H and O–H groups in total. The van der Waals surface area contributed by atoms with Crippen LogP contribution < -0.4 is 10.1 Å². The molecule has 0 fully saturated rings. The maximum Gasteiger partial charge on any atom is 0.279 e. The summed E-state index contributed by atoms with van der Waals surface area (Å²) < 4.78 is 10.9. The molecule has 0 radical (unpaired) electrons. The minimum absolute atomic E-state index is 0.207. The molecule has 0 saturated heterocycles. The van der Waals surface area contributed by atoms with E-state index < -0.39 is 0 Å². The van der Waals surface area contributed by atoms with Crippen molar-refractivity contribution in [1.29, 1.82) is 0 Å². The molecule has 29 heavy (non-hydrogen) atoms. The quantitative estimate of drug-likeness (QED) is 0.439. The zero-order valence-corrected chi connectivity index (χ0v) is 16.6. The van der Waals surface area contributed by atoms with Gasteiger partial charge in [0.25, 0.3) is 5.91 Å². The lowest BCUT2D eigenvalue weighted by atomic mass is 10.1. The first-order chi connectivity index (χ1) is 14.2. The summed E-state index contributed by atoms with van der Waals surface area (Å²) in [4.78, 5) is 17.0. The van der Waals surface area contributed by atoms with Gasteiger partial charge in [-0.15, -0.1) is 11.3 Å². The molecule has 0 atom stereocenters. The second-order valence-corrected chi connectivity index (χ2v) is 7.17. The van der Waals surface area contributed by atoms with Gasteiger partial charge in [-0.1, -0.05) is 42.4 Å². The van der Waals surface area contributed by atoms with E-state index in [1.165, 1.54) is 11.3 Å². The summed E-state index contributed by atoms with van der Waals surface area (Å²) in [5, 5.41) is 9.04. The van der Waals surface area contributed by atoms with E-state index >= 15 is 0 Å². The van der Waals surface area contributed by atoms with Gasteiger partial charge in [-0.05, 0) is 30.7 Å². The third-order valence-corrected chi connectivity index (χ3v) is 4.91. The Labute approximate surface area is 172 Å². The van der Waals surface area contributed by atoms with E-state index in [9.17, 15) is 4.79 Å². The fraction of sp³-hybridized carbons (Fsp3) is 0.136. The average Bonchev–Trinajstić information content (AvgIpc) is 3.43. The number of nitrogens with zero attached hydrogens (tertiary/aromatic N) is 2. The summed E-state index contributed by atoms with van der Waals surface area (Å²) >= 11 is 1.36. The summed E-state index contributed by atoms with van der Waals surface area (Å²) in [6, 6.07) is 18.9. The van der Waals surface area contributed by atoms with Crippen LogP contribution in [-0.4, -0.2) is 22.7 Å². The number of ether oxygens (including phenoxy) is 1. The minimum atomic E-state index is -0.361. The molecular formula is C22H19N3O3S. The van der Waals surface area contributed by atoms with Crippen LogP contribution in [0.15, 0.2) is 70.6 Å². The topological polar surface area (TPSA) is 77.2 Å². The fourth-order valence-corrected chi connectivity index (χ4v) is 3.40. The van der Waals surface area contributed by atoms with E-state index in [-0.39, 0.29) is 11.6 Å². The molecule has 0 aliphatic heterocycles. The van der Waals surface area contributed by atoms with Gasteiger partial charge in [0.15, 0.2) is 16.6 Å². The smallest absolute Gasteiger partial charge is 0.279 e. The van der Waals surface area contributed by atoms with Crippen molar-refractivity contribution in [3.8, 4) is 28.3 Å². The predicted octanol–water partition coefficient (Wildman–Crippen LogP) is 5.51. The Morgan fingerprint density at radius 2 is 1.90 bits per heavy atom. The third-order valence-electron chi connectivity index (χ3n) is 4.15. The number of benzene rings is 2. The first-order valence-electron chi connectivity index (χ1n) is 9.25. The molecule has 2 aromatic carbocycles. The molecule has 0 spiro atoms. The van der Waals surface area contributed by atoms with Crippen LogP contribution >= 0.6 is 11.3 Å². The Morgan fingerprint density at radius 1 is 1.10 bits per heavy atom. The molecular weight excluding hydrogens is 386 g/mol. The molecule has 7 heteroatoms. The molecule has 1 amide bonds. The van der Waals surface area contributed by atoms with E-state index in [0.717, 1.165) is 29.0 Å². The van der Waals surface area contributed by atoms with Crippen molar-refractivity contribution in [2.45, 2.75) is 13.3 Å². The number of amides is 1. The number of aromatic nitrogens is 2. The number of thiazole rings is 1. The van der Waals surface area contributed by atoms with Crippen molar-refractivity contribution in [1.82, 2.24) is 10.1 Å². The summed E-state index contributed by atoms with van der Waals surface area (Å²) in [7, 11) is 0. The van der Waals surface area contributed by atoms with Gasteiger partial charge in [0.1, 0.15) is 5.75 Å². The van der Waals surface area contributed by atoms with Crippen molar-refractivity contribution >= 4 is 22.4 Å². The Balaban J connectivity index is 1.42. The van der Waals surface area contributed by atoms with Crippen LogP contribution in [0.5, 0.6) is 5.75 Å². The lowest BCUT2D eigenvalue weighted by Crippen LogP contribution is -2.11. The van der Waals surface area contributed by atoms with Crippen LogP contribution in [-0.2, 0) is 0 Å². The Morgan fingerprint density at radius 3 is 2.66 bits per heavy atom.